The van der Waals surface area contributed by atoms with Gasteiger partial charge in [-0.25, -0.2) is 0 Å². The molecule has 0 aromatic carbocycles. The van der Waals surface area contributed by atoms with Crippen LogP contribution in [-0.4, -0.2) is 5.16 Å². The lowest BCUT2D eigenvalue weighted by molar-refractivity contribution is 0.278. The highest BCUT2D eigenvalue weighted by Crippen LogP contribution is 2.50. The third kappa shape index (κ3) is 0.997. The molecule has 0 spiro atoms. The normalized spacial score (nSPS) is 30.5. The number of nitrogens with zero attached hydrogens (tertiary/aromatic N) is 1. The van der Waals surface area contributed by atoms with E-state index in [-0.39, 0.29) is 0 Å². The van der Waals surface area contributed by atoms with Gasteiger partial charge in [-0.1, -0.05) is 5.16 Å². The summed E-state index contributed by atoms with van der Waals surface area (Å²) in [4.78, 5) is 0. The Hall–Kier alpha value is -0.440. The predicted octanol–water partition coefficient (Wildman–Crippen LogP) is 2.86. The van der Waals surface area contributed by atoms with Crippen molar-refractivity contribution in [2.45, 2.75) is 43.3 Å². The lowest BCUT2D eigenvalue weighted by atomic mass is 9.70. The molecule has 3 aliphatic rings. The van der Waals surface area contributed by atoms with Crippen LogP contribution in [0.2, 0.25) is 0 Å². The molecule has 2 bridgehead atoms. The molecule has 0 aliphatic heterocycles. The minimum atomic E-state index is 0.668. The van der Waals surface area contributed by atoms with E-state index < -0.39 is 0 Å². The van der Waals surface area contributed by atoms with Crippen molar-refractivity contribution in [3.8, 4) is 0 Å². The molecule has 1 aromatic heterocycles. The van der Waals surface area contributed by atoms with E-state index >= 15 is 0 Å². The van der Waals surface area contributed by atoms with E-state index in [1.165, 1.54) is 37.0 Å². The highest BCUT2D eigenvalue weighted by molar-refractivity contribution is 7.79. The molecule has 0 saturated heterocycles. The highest BCUT2D eigenvalue weighted by Gasteiger charge is 2.38. The van der Waals surface area contributed by atoms with E-state index in [0.29, 0.717) is 5.92 Å². The van der Waals surface area contributed by atoms with Crippen LogP contribution in [0.1, 0.15) is 54.5 Å². The number of hydrogen-bond donors (Lipinski definition) is 1. The summed E-state index contributed by atoms with van der Waals surface area (Å²) >= 11 is 4.28. The third-order valence-electron chi connectivity index (χ3n) is 3.49. The molecule has 1 heterocycles. The zero-order chi connectivity index (χ0) is 8.84. The Balaban J connectivity index is 2.15. The molecule has 70 valence electrons. The number of rotatable bonds is 1. The molecule has 0 unspecified atom stereocenters. The van der Waals surface area contributed by atoms with Gasteiger partial charge in [0.2, 0.25) is 0 Å². The van der Waals surface area contributed by atoms with E-state index in [2.05, 4.69) is 17.8 Å². The first-order chi connectivity index (χ1) is 6.40. The summed E-state index contributed by atoms with van der Waals surface area (Å²) in [6, 6.07) is 0. The topological polar surface area (TPSA) is 26.0 Å². The molecule has 1 fully saturated rings. The maximum Gasteiger partial charge on any atom is 0.143 e. The van der Waals surface area contributed by atoms with Gasteiger partial charge in [-0.2, -0.15) is 12.6 Å². The summed E-state index contributed by atoms with van der Waals surface area (Å²) in [7, 11) is 0. The fraction of sp³-hybridized carbons (Fsp3) is 0.700. The Morgan fingerprint density at radius 3 is 2.62 bits per heavy atom. The van der Waals surface area contributed by atoms with Crippen LogP contribution in [0.5, 0.6) is 0 Å². The monoisotopic (exact) mass is 195 g/mol. The molecule has 2 nitrogen and oxygen atoms in total. The van der Waals surface area contributed by atoms with E-state index in [0.717, 1.165) is 17.4 Å². The second-order valence-corrected chi connectivity index (χ2v) is 4.43. The van der Waals surface area contributed by atoms with Gasteiger partial charge in [0.05, 0.1) is 5.69 Å². The first-order valence-corrected chi connectivity index (χ1v) is 5.62. The van der Waals surface area contributed by atoms with Crippen LogP contribution in [0.3, 0.4) is 0 Å². The summed E-state index contributed by atoms with van der Waals surface area (Å²) in [6.07, 6.45) is 5.27. The van der Waals surface area contributed by atoms with Crippen molar-refractivity contribution in [1.82, 2.24) is 5.16 Å². The number of aromatic nitrogens is 1. The van der Waals surface area contributed by atoms with Crippen molar-refractivity contribution in [3.63, 3.8) is 0 Å². The molecule has 13 heavy (non-hydrogen) atoms. The van der Waals surface area contributed by atoms with E-state index in [1.807, 2.05) is 0 Å². The average molecular weight is 195 g/mol. The lowest BCUT2D eigenvalue weighted by Crippen LogP contribution is -2.20. The fourth-order valence-electron chi connectivity index (χ4n) is 2.83. The lowest BCUT2D eigenvalue weighted by Gasteiger charge is -2.34. The smallest absolute Gasteiger partial charge is 0.143 e. The van der Waals surface area contributed by atoms with E-state index in [9.17, 15) is 0 Å². The molecule has 1 aromatic rings. The van der Waals surface area contributed by atoms with Gasteiger partial charge in [-0.15, -0.1) is 0 Å². The standard InChI is InChI=1S/C10H13NOS/c13-5-8-9-6-1-3-7(4-2-6)10(9)12-11-8/h6-7,13H,1-5H2. The molecular weight excluding hydrogens is 182 g/mol. The molecule has 4 rings (SSSR count). The zero-order valence-corrected chi connectivity index (χ0v) is 8.39. The second-order valence-electron chi connectivity index (χ2n) is 4.11. The molecule has 0 atom stereocenters. The average Bonchev–Trinajstić information content (AvgIpc) is 2.64. The fourth-order valence-corrected chi connectivity index (χ4v) is 3.06. The van der Waals surface area contributed by atoms with Gasteiger partial charge in [0, 0.05) is 17.2 Å². The number of fused-ring (bicyclic) bond motifs is 2. The molecule has 1 saturated carbocycles. The molecule has 3 heteroatoms. The van der Waals surface area contributed by atoms with Crippen LogP contribution in [0.4, 0.5) is 0 Å². The Morgan fingerprint density at radius 1 is 1.23 bits per heavy atom. The molecule has 0 amide bonds. The Labute approximate surface area is 83.1 Å². The summed E-state index contributed by atoms with van der Waals surface area (Å²) in [5, 5.41) is 4.11. The van der Waals surface area contributed by atoms with Gasteiger partial charge >= 0.3 is 0 Å². The van der Waals surface area contributed by atoms with Crippen LogP contribution in [0.15, 0.2) is 4.52 Å². The van der Waals surface area contributed by atoms with Crippen molar-refractivity contribution < 1.29 is 4.52 Å². The SMILES string of the molecule is SCc1noc2c1C1CCC2CC1. The Morgan fingerprint density at radius 2 is 1.92 bits per heavy atom. The Bertz CT molecular complexity index is 326. The third-order valence-corrected chi connectivity index (χ3v) is 3.79. The number of thiol groups is 1. The van der Waals surface area contributed by atoms with E-state index in [1.54, 1.807) is 0 Å². The van der Waals surface area contributed by atoms with Crippen molar-refractivity contribution in [3.05, 3.63) is 17.0 Å². The van der Waals surface area contributed by atoms with Crippen molar-refractivity contribution in [2.24, 2.45) is 0 Å². The van der Waals surface area contributed by atoms with Gasteiger partial charge in [0.25, 0.3) is 0 Å². The number of hydrogen-bond acceptors (Lipinski definition) is 3. The molecule has 3 aliphatic carbocycles. The van der Waals surface area contributed by atoms with Gasteiger partial charge in [-0.3, -0.25) is 0 Å². The van der Waals surface area contributed by atoms with Crippen molar-refractivity contribution in [1.29, 1.82) is 0 Å². The minimum absolute atomic E-state index is 0.668. The summed E-state index contributed by atoms with van der Waals surface area (Å²) in [5.41, 5.74) is 2.50. The first kappa shape index (κ1) is 7.92. The summed E-state index contributed by atoms with van der Waals surface area (Å²) in [5.74, 6) is 3.31. The predicted molar refractivity (Wildman–Crippen MR) is 53.1 cm³/mol. The zero-order valence-electron chi connectivity index (χ0n) is 7.49. The first-order valence-electron chi connectivity index (χ1n) is 4.99. The molecular formula is C10H13NOS. The quantitative estimate of drug-likeness (QED) is 0.697. The maximum atomic E-state index is 5.41. The van der Waals surface area contributed by atoms with Gasteiger partial charge in [0.15, 0.2) is 0 Å². The van der Waals surface area contributed by atoms with Crippen molar-refractivity contribution in [2.75, 3.05) is 0 Å². The van der Waals surface area contributed by atoms with Crippen LogP contribution >= 0.6 is 12.6 Å². The maximum absolute atomic E-state index is 5.41. The van der Waals surface area contributed by atoms with Gasteiger partial charge in [-0.05, 0) is 31.6 Å². The Kier molecular flexibility index (Phi) is 1.69. The second kappa shape index (κ2) is 2.77. The highest BCUT2D eigenvalue weighted by atomic mass is 32.1. The van der Waals surface area contributed by atoms with Gasteiger partial charge in [0.1, 0.15) is 5.76 Å². The molecule has 0 radical (unpaired) electrons. The summed E-state index contributed by atoms with van der Waals surface area (Å²) < 4.78 is 5.41. The largest absolute Gasteiger partial charge is 0.361 e. The van der Waals surface area contributed by atoms with Crippen LogP contribution in [0, 0.1) is 0 Å². The van der Waals surface area contributed by atoms with Crippen LogP contribution < -0.4 is 0 Å². The minimum Gasteiger partial charge on any atom is -0.361 e. The van der Waals surface area contributed by atoms with Crippen LogP contribution in [-0.2, 0) is 5.75 Å². The van der Waals surface area contributed by atoms with Gasteiger partial charge < -0.3 is 4.52 Å². The summed E-state index contributed by atoms with van der Waals surface area (Å²) in [6.45, 7) is 0. The van der Waals surface area contributed by atoms with Crippen molar-refractivity contribution >= 4 is 12.6 Å². The molecule has 0 N–H and O–H groups in total. The van der Waals surface area contributed by atoms with Crippen LogP contribution in [0.25, 0.3) is 0 Å². The van der Waals surface area contributed by atoms with E-state index in [4.69, 9.17) is 4.52 Å².